The van der Waals surface area contributed by atoms with Crippen LogP contribution < -0.4 is 5.32 Å². The molecule has 0 radical (unpaired) electrons. The van der Waals surface area contributed by atoms with Crippen LogP contribution in [0.5, 0.6) is 0 Å². The van der Waals surface area contributed by atoms with E-state index in [1.54, 1.807) is 0 Å². The zero-order chi connectivity index (χ0) is 15.7. The first-order valence-electron chi connectivity index (χ1n) is 8.16. The number of unbranched alkanes of at least 4 members (excludes halogenated alkanes) is 2. The number of nitrogens with zero attached hydrogens (tertiary/aromatic N) is 1. The molecular formula is C18H32N2O. The third-order valence-corrected chi connectivity index (χ3v) is 3.84. The second kappa shape index (κ2) is 9.19. The molecule has 21 heavy (non-hydrogen) atoms. The van der Waals surface area contributed by atoms with Gasteiger partial charge >= 0.3 is 0 Å². The van der Waals surface area contributed by atoms with Gasteiger partial charge in [-0.05, 0) is 39.4 Å². The molecule has 0 aromatic heterocycles. The van der Waals surface area contributed by atoms with Gasteiger partial charge in [0.25, 0.3) is 0 Å². The number of hydrogen-bond acceptors (Lipinski definition) is 3. The topological polar surface area (TPSA) is 35.5 Å². The lowest BCUT2D eigenvalue weighted by Crippen LogP contribution is -2.55. The number of aliphatic hydroxyl groups excluding tert-OH is 1. The van der Waals surface area contributed by atoms with Gasteiger partial charge in [0.15, 0.2) is 0 Å². The summed E-state index contributed by atoms with van der Waals surface area (Å²) in [6, 6.07) is 10.6. The number of aliphatic hydroxyl groups is 1. The van der Waals surface area contributed by atoms with Crippen molar-refractivity contribution in [1.29, 1.82) is 0 Å². The lowest BCUT2D eigenvalue weighted by atomic mass is 9.89. The van der Waals surface area contributed by atoms with Crippen LogP contribution in [0.15, 0.2) is 30.3 Å². The minimum Gasteiger partial charge on any atom is -0.394 e. The van der Waals surface area contributed by atoms with E-state index in [0.717, 1.165) is 18.7 Å². The number of hydrogen-bond donors (Lipinski definition) is 2. The van der Waals surface area contributed by atoms with Gasteiger partial charge in [-0.1, -0.05) is 50.1 Å². The maximum Gasteiger partial charge on any atom is 0.0799 e. The fourth-order valence-electron chi connectivity index (χ4n) is 2.89. The minimum atomic E-state index is -0.392. The first kappa shape index (κ1) is 18.1. The normalized spacial score (nSPS) is 14.6. The van der Waals surface area contributed by atoms with E-state index in [2.05, 4.69) is 50.2 Å². The highest BCUT2D eigenvalue weighted by Gasteiger charge is 2.33. The molecule has 3 nitrogen and oxygen atoms in total. The molecule has 0 fully saturated rings. The standard InChI is InChI=1S/C18H32N2O/c1-5-6-10-13-20(4)14-18(15-21,19-16(2)3)17-11-8-7-9-12-17/h7-9,11-12,16,19,21H,5-6,10,13-15H2,1-4H3. The molecule has 1 unspecified atom stereocenters. The minimum absolute atomic E-state index is 0.104. The van der Waals surface area contributed by atoms with E-state index < -0.39 is 5.54 Å². The average molecular weight is 292 g/mol. The van der Waals surface area contributed by atoms with E-state index in [-0.39, 0.29) is 6.61 Å². The summed E-state index contributed by atoms with van der Waals surface area (Å²) >= 11 is 0. The SMILES string of the molecule is CCCCCN(C)CC(CO)(NC(C)C)c1ccccc1. The van der Waals surface area contributed by atoms with Crippen LogP contribution in [0.2, 0.25) is 0 Å². The van der Waals surface area contributed by atoms with Crippen molar-refractivity contribution in [2.75, 3.05) is 26.7 Å². The molecule has 0 amide bonds. The third kappa shape index (κ3) is 5.77. The molecule has 1 rings (SSSR count). The van der Waals surface area contributed by atoms with E-state index in [0.29, 0.717) is 6.04 Å². The van der Waals surface area contributed by atoms with Gasteiger partial charge in [0.1, 0.15) is 0 Å². The van der Waals surface area contributed by atoms with Crippen molar-refractivity contribution < 1.29 is 5.11 Å². The summed E-state index contributed by atoms with van der Waals surface area (Å²) in [6.45, 7) is 8.47. The molecule has 2 N–H and O–H groups in total. The second-order valence-electron chi connectivity index (χ2n) is 6.35. The van der Waals surface area contributed by atoms with E-state index in [4.69, 9.17) is 0 Å². The van der Waals surface area contributed by atoms with Crippen LogP contribution in [0.25, 0.3) is 0 Å². The molecule has 1 atom stereocenters. The summed E-state index contributed by atoms with van der Waals surface area (Å²) in [5.74, 6) is 0. The molecule has 3 heteroatoms. The largest absolute Gasteiger partial charge is 0.394 e. The van der Waals surface area contributed by atoms with Crippen molar-refractivity contribution >= 4 is 0 Å². The van der Waals surface area contributed by atoms with Crippen molar-refractivity contribution in [2.45, 2.75) is 51.6 Å². The van der Waals surface area contributed by atoms with Crippen LogP contribution in [-0.4, -0.2) is 42.8 Å². The summed E-state index contributed by atoms with van der Waals surface area (Å²) in [6.07, 6.45) is 3.71. The quantitative estimate of drug-likeness (QED) is 0.651. The lowest BCUT2D eigenvalue weighted by molar-refractivity contribution is 0.109. The Bertz CT molecular complexity index is 380. The summed E-state index contributed by atoms with van der Waals surface area (Å²) in [5, 5.41) is 13.7. The highest BCUT2D eigenvalue weighted by molar-refractivity contribution is 5.25. The molecule has 0 aliphatic heterocycles. The van der Waals surface area contributed by atoms with Gasteiger partial charge in [-0.15, -0.1) is 0 Å². The van der Waals surface area contributed by atoms with Gasteiger partial charge in [-0.3, -0.25) is 0 Å². The van der Waals surface area contributed by atoms with Gasteiger partial charge in [0.05, 0.1) is 12.1 Å². The maximum atomic E-state index is 10.1. The summed E-state index contributed by atoms with van der Waals surface area (Å²) < 4.78 is 0. The van der Waals surface area contributed by atoms with Crippen molar-refractivity contribution in [2.24, 2.45) is 0 Å². The van der Waals surface area contributed by atoms with Crippen LogP contribution in [0.3, 0.4) is 0 Å². The Hall–Kier alpha value is -0.900. The van der Waals surface area contributed by atoms with Gasteiger partial charge in [-0.25, -0.2) is 0 Å². The molecule has 0 saturated heterocycles. The van der Waals surface area contributed by atoms with Gasteiger partial charge in [0, 0.05) is 12.6 Å². The van der Waals surface area contributed by atoms with Crippen molar-refractivity contribution in [3.63, 3.8) is 0 Å². The van der Waals surface area contributed by atoms with E-state index in [9.17, 15) is 5.11 Å². The van der Waals surface area contributed by atoms with Gasteiger partial charge in [0.2, 0.25) is 0 Å². The van der Waals surface area contributed by atoms with Crippen molar-refractivity contribution in [3.05, 3.63) is 35.9 Å². The molecule has 0 saturated carbocycles. The number of nitrogens with one attached hydrogen (secondary N) is 1. The number of rotatable bonds is 10. The van der Waals surface area contributed by atoms with Crippen LogP contribution in [0, 0.1) is 0 Å². The third-order valence-electron chi connectivity index (χ3n) is 3.84. The van der Waals surface area contributed by atoms with Crippen LogP contribution in [-0.2, 0) is 5.54 Å². The number of benzene rings is 1. The Labute approximate surface area is 130 Å². The van der Waals surface area contributed by atoms with E-state index in [1.165, 1.54) is 19.3 Å². The summed E-state index contributed by atoms with van der Waals surface area (Å²) in [4.78, 5) is 2.33. The van der Waals surface area contributed by atoms with E-state index in [1.807, 2.05) is 18.2 Å². The molecule has 0 bridgehead atoms. The zero-order valence-electron chi connectivity index (χ0n) is 14.1. The smallest absolute Gasteiger partial charge is 0.0799 e. The zero-order valence-corrected chi connectivity index (χ0v) is 14.1. The molecule has 0 spiro atoms. The Morgan fingerprint density at radius 1 is 1.19 bits per heavy atom. The predicted molar refractivity (Wildman–Crippen MR) is 90.5 cm³/mol. The first-order valence-corrected chi connectivity index (χ1v) is 8.16. The van der Waals surface area contributed by atoms with Gasteiger partial charge < -0.3 is 15.3 Å². The first-order chi connectivity index (χ1) is 10.0. The Morgan fingerprint density at radius 3 is 2.38 bits per heavy atom. The van der Waals surface area contributed by atoms with Crippen LogP contribution in [0.4, 0.5) is 0 Å². The molecule has 120 valence electrons. The fraction of sp³-hybridized carbons (Fsp3) is 0.667. The molecule has 0 aliphatic rings. The van der Waals surface area contributed by atoms with Crippen molar-refractivity contribution in [1.82, 2.24) is 10.2 Å². The maximum absolute atomic E-state index is 10.1. The highest BCUT2D eigenvalue weighted by atomic mass is 16.3. The highest BCUT2D eigenvalue weighted by Crippen LogP contribution is 2.23. The molecular weight excluding hydrogens is 260 g/mol. The molecule has 0 aliphatic carbocycles. The predicted octanol–water partition coefficient (Wildman–Crippen LogP) is 2.99. The Morgan fingerprint density at radius 2 is 1.86 bits per heavy atom. The van der Waals surface area contributed by atoms with E-state index >= 15 is 0 Å². The number of likely N-dealkylation sites (N-methyl/N-ethyl adjacent to an activating group) is 1. The van der Waals surface area contributed by atoms with Gasteiger partial charge in [-0.2, -0.15) is 0 Å². The lowest BCUT2D eigenvalue weighted by Gasteiger charge is -2.39. The second-order valence-corrected chi connectivity index (χ2v) is 6.35. The van der Waals surface area contributed by atoms with Crippen molar-refractivity contribution in [3.8, 4) is 0 Å². The Balaban J connectivity index is 2.86. The van der Waals surface area contributed by atoms with Crippen LogP contribution in [0.1, 0.15) is 45.6 Å². The summed E-state index contributed by atoms with van der Waals surface area (Å²) in [7, 11) is 2.14. The fourth-order valence-corrected chi connectivity index (χ4v) is 2.89. The molecule has 1 aromatic carbocycles. The van der Waals surface area contributed by atoms with Crippen LogP contribution >= 0.6 is 0 Å². The average Bonchev–Trinajstić information content (AvgIpc) is 2.47. The Kier molecular flexibility index (Phi) is 7.94. The molecule has 0 heterocycles. The molecule has 1 aromatic rings. The summed E-state index contributed by atoms with van der Waals surface area (Å²) in [5.41, 5.74) is 0.764. The monoisotopic (exact) mass is 292 g/mol.